The second kappa shape index (κ2) is 8.53. The molecule has 1 N–H and O–H groups in total. The van der Waals surface area contributed by atoms with Crippen molar-refractivity contribution in [3.8, 4) is 0 Å². The third-order valence-corrected chi connectivity index (χ3v) is 3.40. The van der Waals surface area contributed by atoms with Crippen LogP contribution in [0.15, 0.2) is 6.20 Å². The fourth-order valence-electron chi connectivity index (χ4n) is 1.56. The molecule has 0 saturated carbocycles. The highest BCUT2D eigenvalue weighted by Crippen LogP contribution is 2.23. The maximum atomic E-state index is 11.5. The van der Waals surface area contributed by atoms with Gasteiger partial charge in [-0.15, -0.1) is 24.8 Å². The first-order valence-corrected chi connectivity index (χ1v) is 6.21. The van der Waals surface area contributed by atoms with Crippen LogP contribution < -0.4 is 10.2 Å². The number of piperazine rings is 1. The summed E-state index contributed by atoms with van der Waals surface area (Å²) >= 11 is 1.40. The Kier molecular flexibility index (Phi) is 8.26. The summed E-state index contributed by atoms with van der Waals surface area (Å²) in [5, 5.41) is 4.18. The van der Waals surface area contributed by atoms with Crippen molar-refractivity contribution in [2.45, 2.75) is 6.92 Å². The van der Waals surface area contributed by atoms with E-state index in [4.69, 9.17) is 4.74 Å². The van der Waals surface area contributed by atoms with E-state index in [1.165, 1.54) is 11.3 Å². The van der Waals surface area contributed by atoms with Gasteiger partial charge < -0.3 is 15.0 Å². The van der Waals surface area contributed by atoms with E-state index < -0.39 is 0 Å². The van der Waals surface area contributed by atoms with Crippen molar-refractivity contribution in [1.29, 1.82) is 0 Å². The van der Waals surface area contributed by atoms with Crippen LogP contribution in [0.2, 0.25) is 0 Å². The van der Waals surface area contributed by atoms with Crippen molar-refractivity contribution >= 4 is 47.3 Å². The van der Waals surface area contributed by atoms with Gasteiger partial charge in [0.15, 0.2) is 5.13 Å². The number of anilines is 1. The molecule has 1 aromatic heterocycles. The van der Waals surface area contributed by atoms with Crippen LogP contribution in [0.5, 0.6) is 0 Å². The normalized spacial score (nSPS) is 14.4. The van der Waals surface area contributed by atoms with E-state index in [1.807, 2.05) is 0 Å². The van der Waals surface area contributed by atoms with Gasteiger partial charge in [-0.2, -0.15) is 0 Å². The zero-order valence-electron chi connectivity index (χ0n) is 10.0. The van der Waals surface area contributed by atoms with E-state index in [-0.39, 0.29) is 30.8 Å². The first-order chi connectivity index (χ1) is 7.81. The number of esters is 1. The molecule has 0 radical (unpaired) electrons. The molecule has 0 aromatic carbocycles. The Labute approximate surface area is 123 Å². The summed E-state index contributed by atoms with van der Waals surface area (Å²) < 4.78 is 4.93. The molecular formula is C10H17Cl2N3O2S. The molecule has 0 unspecified atom stereocenters. The molecule has 0 aliphatic carbocycles. The number of hydrogen-bond acceptors (Lipinski definition) is 6. The van der Waals surface area contributed by atoms with Gasteiger partial charge in [-0.3, -0.25) is 0 Å². The molecule has 2 heterocycles. The second-order valence-electron chi connectivity index (χ2n) is 3.46. The monoisotopic (exact) mass is 313 g/mol. The molecule has 1 fully saturated rings. The number of ether oxygens (including phenoxy) is 1. The van der Waals surface area contributed by atoms with Crippen molar-refractivity contribution in [2.75, 3.05) is 37.7 Å². The summed E-state index contributed by atoms with van der Waals surface area (Å²) in [6.45, 7) is 6.02. The number of carbonyl (C=O) groups excluding carboxylic acids is 1. The van der Waals surface area contributed by atoms with Gasteiger partial charge >= 0.3 is 5.97 Å². The van der Waals surface area contributed by atoms with Gasteiger partial charge in [0.2, 0.25) is 0 Å². The Bertz CT molecular complexity index is 370. The first kappa shape index (κ1) is 17.4. The van der Waals surface area contributed by atoms with Crippen LogP contribution in [0.1, 0.15) is 16.6 Å². The Morgan fingerprint density at radius 3 is 2.78 bits per heavy atom. The van der Waals surface area contributed by atoms with Crippen molar-refractivity contribution in [1.82, 2.24) is 10.3 Å². The molecule has 0 spiro atoms. The molecule has 104 valence electrons. The second-order valence-corrected chi connectivity index (χ2v) is 4.47. The summed E-state index contributed by atoms with van der Waals surface area (Å²) in [6.07, 6.45) is 1.60. The summed E-state index contributed by atoms with van der Waals surface area (Å²) in [7, 11) is 0. The van der Waals surface area contributed by atoms with E-state index in [2.05, 4.69) is 15.2 Å². The molecule has 18 heavy (non-hydrogen) atoms. The van der Waals surface area contributed by atoms with Crippen LogP contribution in [0.3, 0.4) is 0 Å². The van der Waals surface area contributed by atoms with E-state index in [1.54, 1.807) is 13.1 Å². The lowest BCUT2D eigenvalue weighted by Gasteiger charge is -2.26. The lowest BCUT2D eigenvalue weighted by atomic mass is 10.4. The average Bonchev–Trinajstić information content (AvgIpc) is 2.80. The fourth-order valence-corrected chi connectivity index (χ4v) is 2.43. The minimum absolute atomic E-state index is 0. The van der Waals surface area contributed by atoms with Gasteiger partial charge in [-0.25, -0.2) is 9.78 Å². The number of hydrogen-bond donors (Lipinski definition) is 1. The summed E-state index contributed by atoms with van der Waals surface area (Å²) in [5.74, 6) is -0.276. The van der Waals surface area contributed by atoms with E-state index in [9.17, 15) is 4.79 Å². The third-order valence-electron chi connectivity index (χ3n) is 2.36. The van der Waals surface area contributed by atoms with Crippen LogP contribution in [0.25, 0.3) is 0 Å². The largest absolute Gasteiger partial charge is 0.462 e. The first-order valence-electron chi connectivity index (χ1n) is 5.40. The molecule has 1 aliphatic rings. The van der Waals surface area contributed by atoms with Crippen molar-refractivity contribution < 1.29 is 9.53 Å². The number of nitrogens with one attached hydrogen (secondary N) is 1. The minimum Gasteiger partial charge on any atom is -0.462 e. The quantitative estimate of drug-likeness (QED) is 0.859. The molecule has 2 rings (SSSR count). The molecule has 0 amide bonds. The summed E-state index contributed by atoms with van der Waals surface area (Å²) in [5.41, 5.74) is 0. The molecular weight excluding hydrogens is 297 g/mol. The van der Waals surface area contributed by atoms with Gasteiger partial charge in [-0.05, 0) is 6.92 Å². The third kappa shape index (κ3) is 4.28. The van der Waals surface area contributed by atoms with Crippen molar-refractivity contribution in [3.63, 3.8) is 0 Å². The predicted molar refractivity (Wildman–Crippen MR) is 77.6 cm³/mol. The standard InChI is InChI=1S/C10H15N3O2S.2ClH/c1-2-15-9(14)8-7-12-10(16-8)13-5-3-11-4-6-13;;/h7,11H,2-6H2,1H3;2*1H. The smallest absolute Gasteiger partial charge is 0.350 e. The zero-order chi connectivity index (χ0) is 11.4. The highest BCUT2D eigenvalue weighted by molar-refractivity contribution is 7.17. The van der Waals surface area contributed by atoms with E-state index in [0.29, 0.717) is 11.5 Å². The molecule has 0 atom stereocenters. The lowest BCUT2D eigenvalue weighted by molar-refractivity contribution is 0.0532. The number of thiazole rings is 1. The topological polar surface area (TPSA) is 54.5 Å². The van der Waals surface area contributed by atoms with Crippen LogP contribution in [-0.4, -0.2) is 43.7 Å². The molecule has 1 saturated heterocycles. The Balaban J connectivity index is 0.00000144. The van der Waals surface area contributed by atoms with Crippen LogP contribution in [-0.2, 0) is 4.74 Å². The Morgan fingerprint density at radius 2 is 2.17 bits per heavy atom. The van der Waals surface area contributed by atoms with E-state index in [0.717, 1.165) is 31.3 Å². The predicted octanol–water partition coefficient (Wildman–Crippen LogP) is 1.57. The van der Waals surface area contributed by atoms with Gasteiger partial charge in [0.25, 0.3) is 0 Å². The molecule has 1 aliphatic heterocycles. The maximum Gasteiger partial charge on any atom is 0.350 e. The number of aromatic nitrogens is 1. The Morgan fingerprint density at radius 1 is 1.50 bits per heavy atom. The summed E-state index contributed by atoms with van der Waals surface area (Å²) in [6, 6.07) is 0. The van der Waals surface area contributed by atoms with Crippen LogP contribution in [0.4, 0.5) is 5.13 Å². The molecule has 8 heteroatoms. The SMILES string of the molecule is CCOC(=O)c1cnc(N2CCNCC2)s1.Cl.Cl. The number of carbonyl (C=O) groups is 1. The van der Waals surface area contributed by atoms with Crippen molar-refractivity contribution in [2.24, 2.45) is 0 Å². The molecule has 0 bridgehead atoms. The van der Waals surface area contributed by atoms with Crippen LogP contribution in [0, 0.1) is 0 Å². The lowest BCUT2D eigenvalue weighted by Crippen LogP contribution is -2.43. The molecule has 5 nitrogen and oxygen atoms in total. The number of halogens is 2. The van der Waals surface area contributed by atoms with Crippen molar-refractivity contribution in [3.05, 3.63) is 11.1 Å². The highest BCUT2D eigenvalue weighted by Gasteiger charge is 2.17. The molecule has 1 aromatic rings. The average molecular weight is 314 g/mol. The fraction of sp³-hybridized carbons (Fsp3) is 0.600. The highest BCUT2D eigenvalue weighted by atomic mass is 35.5. The Hall–Kier alpha value is -0.560. The van der Waals surface area contributed by atoms with E-state index >= 15 is 0 Å². The summed E-state index contributed by atoms with van der Waals surface area (Å²) in [4.78, 5) is 18.5. The maximum absolute atomic E-state index is 11.5. The minimum atomic E-state index is -0.276. The van der Waals surface area contributed by atoms with Gasteiger partial charge in [-0.1, -0.05) is 11.3 Å². The van der Waals surface area contributed by atoms with Crippen LogP contribution >= 0.6 is 36.2 Å². The van der Waals surface area contributed by atoms with Gasteiger partial charge in [0, 0.05) is 26.2 Å². The van der Waals surface area contributed by atoms with Gasteiger partial charge in [0.05, 0.1) is 12.8 Å². The number of nitrogens with zero attached hydrogens (tertiary/aromatic N) is 2. The van der Waals surface area contributed by atoms with Gasteiger partial charge in [0.1, 0.15) is 4.88 Å². The zero-order valence-corrected chi connectivity index (χ0v) is 12.5. The number of rotatable bonds is 3.